The van der Waals surface area contributed by atoms with Crippen molar-refractivity contribution in [1.82, 2.24) is 14.7 Å². The molecule has 7 heteroatoms. The second-order valence-corrected chi connectivity index (χ2v) is 7.56. The zero-order valence-electron chi connectivity index (χ0n) is 16.8. The fourth-order valence-electron chi connectivity index (χ4n) is 3.92. The molecule has 2 aliphatic rings. The highest BCUT2D eigenvalue weighted by molar-refractivity contribution is 6.22. The van der Waals surface area contributed by atoms with Gasteiger partial charge in [-0.25, -0.2) is 0 Å². The van der Waals surface area contributed by atoms with Crippen LogP contribution in [-0.2, 0) is 11.2 Å². The average molecular weight is 405 g/mol. The Bertz CT molecular complexity index is 1010. The van der Waals surface area contributed by atoms with Crippen LogP contribution in [0.2, 0.25) is 0 Å². The molecule has 2 aliphatic heterocycles. The van der Waals surface area contributed by atoms with E-state index in [-0.39, 0.29) is 29.2 Å². The van der Waals surface area contributed by atoms with Gasteiger partial charge in [0, 0.05) is 45.2 Å². The Balaban J connectivity index is 1.46. The maximum atomic E-state index is 12.9. The van der Waals surface area contributed by atoms with Crippen LogP contribution in [0.15, 0.2) is 48.5 Å². The predicted octanol–water partition coefficient (Wildman–Crippen LogP) is 1.83. The summed E-state index contributed by atoms with van der Waals surface area (Å²) in [5, 5.41) is 0. The molecule has 0 spiro atoms. The maximum absolute atomic E-state index is 12.9. The van der Waals surface area contributed by atoms with E-state index in [2.05, 4.69) is 0 Å². The van der Waals surface area contributed by atoms with Crippen LogP contribution < -0.4 is 0 Å². The normalized spacial score (nSPS) is 16.1. The van der Waals surface area contributed by atoms with Crippen LogP contribution in [0.1, 0.15) is 43.6 Å². The van der Waals surface area contributed by atoms with Gasteiger partial charge in [-0.1, -0.05) is 30.3 Å². The first kappa shape index (κ1) is 19.8. The SMILES string of the molecule is CC(=O)N1CCN(C(=O)c2ccc3c(c2)C(=O)N(CCc2ccccc2)C3=O)CC1. The minimum Gasteiger partial charge on any atom is -0.339 e. The summed E-state index contributed by atoms with van der Waals surface area (Å²) in [6.45, 7) is 3.71. The number of carbonyl (C=O) groups excluding carboxylic acids is 4. The van der Waals surface area contributed by atoms with E-state index < -0.39 is 0 Å². The van der Waals surface area contributed by atoms with Crippen LogP contribution in [0, 0.1) is 0 Å². The molecule has 2 aromatic carbocycles. The molecule has 0 atom stereocenters. The van der Waals surface area contributed by atoms with E-state index >= 15 is 0 Å². The van der Waals surface area contributed by atoms with Crippen molar-refractivity contribution < 1.29 is 19.2 Å². The van der Waals surface area contributed by atoms with Gasteiger partial charge in [-0.05, 0) is 30.2 Å². The quantitative estimate of drug-likeness (QED) is 0.727. The van der Waals surface area contributed by atoms with E-state index in [1.54, 1.807) is 21.9 Å². The standard InChI is InChI=1S/C23H23N3O4/c1-16(27)24-11-13-25(14-12-24)21(28)18-7-8-19-20(15-18)23(30)26(22(19)29)10-9-17-5-3-2-4-6-17/h2-8,15H,9-14H2,1H3. The van der Waals surface area contributed by atoms with Crippen molar-refractivity contribution >= 4 is 23.6 Å². The number of carbonyl (C=O) groups is 4. The van der Waals surface area contributed by atoms with E-state index in [0.717, 1.165) is 5.56 Å². The highest BCUT2D eigenvalue weighted by atomic mass is 16.2. The molecule has 0 saturated carbocycles. The van der Waals surface area contributed by atoms with E-state index in [9.17, 15) is 19.2 Å². The third-order valence-electron chi connectivity index (χ3n) is 5.70. The zero-order chi connectivity index (χ0) is 21.3. The molecule has 7 nitrogen and oxygen atoms in total. The predicted molar refractivity (Wildman–Crippen MR) is 110 cm³/mol. The lowest BCUT2D eigenvalue weighted by atomic mass is 10.0. The van der Waals surface area contributed by atoms with E-state index in [1.165, 1.54) is 17.9 Å². The number of benzene rings is 2. The molecule has 2 aromatic rings. The summed E-state index contributed by atoms with van der Waals surface area (Å²) in [5.74, 6) is -0.870. The van der Waals surface area contributed by atoms with Crippen molar-refractivity contribution in [2.24, 2.45) is 0 Å². The summed E-state index contributed by atoms with van der Waals surface area (Å²) in [6.07, 6.45) is 0.582. The number of hydrogen-bond donors (Lipinski definition) is 0. The molecular weight excluding hydrogens is 382 g/mol. The lowest BCUT2D eigenvalue weighted by Crippen LogP contribution is -2.50. The Labute approximate surface area is 174 Å². The van der Waals surface area contributed by atoms with Crippen LogP contribution in [-0.4, -0.2) is 71.1 Å². The van der Waals surface area contributed by atoms with Crippen molar-refractivity contribution in [3.05, 3.63) is 70.8 Å². The van der Waals surface area contributed by atoms with Crippen LogP contribution in [0.4, 0.5) is 0 Å². The lowest BCUT2D eigenvalue weighted by molar-refractivity contribution is -0.130. The van der Waals surface area contributed by atoms with Gasteiger partial charge in [-0.2, -0.15) is 0 Å². The second-order valence-electron chi connectivity index (χ2n) is 7.56. The largest absolute Gasteiger partial charge is 0.339 e. The van der Waals surface area contributed by atoms with Crippen molar-refractivity contribution in [1.29, 1.82) is 0 Å². The van der Waals surface area contributed by atoms with E-state index in [1.807, 2.05) is 30.3 Å². The van der Waals surface area contributed by atoms with Crippen molar-refractivity contribution in [2.45, 2.75) is 13.3 Å². The first-order valence-electron chi connectivity index (χ1n) is 10.0. The highest BCUT2D eigenvalue weighted by Gasteiger charge is 2.36. The average Bonchev–Trinajstić information content (AvgIpc) is 3.01. The summed E-state index contributed by atoms with van der Waals surface area (Å²) >= 11 is 0. The fourth-order valence-corrected chi connectivity index (χ4v) is 3.92. The minimum atomic E-state index is -0.359. The van der Waals surface area contributed by atoms with Gasteiger partial charge in [0.2, 0.25) is 5.91 Å². The zero-order valence-corrected chi connectivity index (χ0v) is 16.8. The molecule has 0 radical (unpaired) electrons. The molecule has 154 valence electrons. The number of nitrogens with zero attached hydrogens (tertiary/aromatic N) is 3. The highest BCUT2D eigenvalue weighted by Crippen LogP contribution is 2.25. The molecule has 2 heterocycles. The summed E-state index contributed by atoms with van der Waals surface area (Å²) in [6, 6.07) is 14.4. The maximum Gasteiger partial charge on any atom is 0.261 e. The Morgan fingerprint density at radius 1 is 0.833 bits per heavy atom. The first-order chi connectivity index (χ1) is 14.5. The van der Waals surface area contributed by atoms with Gasteiger partial charge in [-0.3, -0.25) is 24.1 Å². The molecule has 0 unspecified atom stereocenters. The van der Waals surface area contributed by atoms with E-state index in [4.69, 9.17) is 0 Å². The molecule has 0 N–H and O–H groups in total. The van der Waals surface area contributed by atoms with Crippen molar-refractivity contribution in [3.63, 3.8) is 0 Å². The van der Waals surface area contributed by atoms with Gasteiger partial charge in [0.25, 0.3) is 17.7 Å². The Morgan fingerprint density at radius 2 is 1.47 bits per heavy atom. The molecule has 0 aromatic heterocycles. The van der Waals surface area contributed by atoms with E-state index in [0.29, 0.717) is 50.3 Å². The molecule has 1 saturated heterocycles. The Kier molecular flexibility index (Phi) is 5.35. The second kappa shape index (κ2) is 8.10. The van der Waals surface area contributed by atoms with Crippen LogP contribution >= 0.6 is 0 Å². The summed E-state index contributed by atoms with van der Waals surface area (Å²) < 4.78 is 0. The van der Waals surface area contributed by atoms with Gasteiger partial charge in [0.05, 0.1) is 11.1 Å². The third kappa shape index (κ3) is 3.70. The summed E-state index contributed by atoms with van der Waals surface area (Å²) in [5.41, 5.74) is 2.05. The number of fused-ring (bicyclic) bond motifs is 1. The van der Waals surface area contributed by atoms with Gasteiger partial charge >= 0.3 is 0 Å². The van der Waals surface area contributed by atoms with Gasteiger partial charge in [0.1, 0.15) is 0 Å². The summed E-state index contributed by atoms with van der Waals surface area (Å²) in [7, 11) is 0. The van der Waals surface area contributed by atoms with Crippen molar-refractivity contribution in [2.75, 3.05) is 32.7 Å². The molecule has 4 rings (SSSR count). The lowest BCUT2D eigenvalue weighted by Gasteiger charge is -2.34. The fraction of sp³-hybridized carbons (Fsp3) is 0.304. The molecule has 30 heavy (non-hydrogen) atoms. The minimum absolute atomic E-state index is 0.000618. The smallest absolute Gasteiger partial charge is 0.261 e. The number of hydrogen-bond acceptors (Lipinski definition) is 4. The van der Waals surface area contributed by atoms with Crippen molar-refractivity contribution in [3.8, 4) is 0 Å². The molecule has 0 aliphatic carbocycles. The molecule has 4 amide bonds. The number of rotatable bonds is 4. The molecular formula is C23H23N3O4. The third-order valence-corrected chi connectivity index (χ3v) is 5.70. The van der Waals surface area contributed by atoms with Crippen LogP contribution in [0.5, 0.6) is 0 Å². The van der Waals surface area contributed by atoms with Gasteiger partial charge < -0.3 is 9.80 Å². The molecule has 1 fully saturated rings. The monoisotopic (exact) mass is 405 g/mol. The number of piperazine rings is 1. The number of imide groups is 1. The van der Waals surface area contributed by atoms with Gasteiger partial charge in [0.15, 0.2) is 0 Å². The Morgan fingerprint density at radius 3 is 2.13 bits per heavy atom. The van der Waals surface area contributed by atoms with Crippen LogP contribution in [0.3, 0.4) is 0 Å². The summed E-state index contributed by atoms with van der Waals surface area (Å²) in [4.78, 5) is 54.5. The molecule has 0 bridgehead atoms. The Hall–Kier alpha value is -3.48. The van der Waals surface area contributed by atoms with Gasteiger partial charge in [-0.15, -0.1) is 0 Å². The van der Waals surface area contributed by atoms with Crippen LogP contribution in [0.25, 0.3) is 0 Å². The topological polar surface area (TPSA) is 78.0 Å². The number of amides is 4. The first-order valence-corrected chi connectivity index (χ1v) is 10.0.